The van der Waals surface area contributed by atoms with Crippen molar-refractivity contribution < 1.29 is 18.3 Å². The summed E-state index contributed by atoms with van der Waals surface area (Å²) in [6, 6.07) is 5.24. The molecule has 1 amide bonds. The Hall–Kier alpha value is -2.98. The van der Waals surface area contributed by atoms with Crippen molar-refractivity contribution in [2.24, 2.45) is 11.7 Å². The van der Waals surface area contributed by atoms with Crippen LogP contribution in [0.25, 0.3) is 22.4 Å². The fourth-order valence-corrected chi connectivity index (χ4v) is 4.57. The summed E-state index contributed by atoms with van der Waals surface area (Å²) in [7, 11) is 0. The first-order chi connectivity index (χ1) is 15.0. The van der Waals surface area contributed by atoms with Crippen LogP contribution in [0.5, 0.6) is 5.75 Å². The molecule has 0 radical (unpaired) electrons. The van der Waals surface area contributed by atoms with E-state index in [2.05, 4.69) is 14.9 Å². The van der Waals surface area contributed by atoms with Crippen molar-refractivity contribution in [3.63, 3.8) is 0 Å². The molecule has 4 N–H and O–H groups in total. The Bertz CT molecular complexity index is 1190. The summed E-state index contributed by atoms with van der Waals surface area (Å²) in [5.74, 6) is 1.36. The fourth-order valence-electron chi connectivity index (χ4n) is 4.13. The van der Waals surface area contributed by atoms with Crippen LogP contribution in [-0.4, -0.2) is 41.9 Å². The highest BCUT2D eigenvalue weighted by Crippen LogP contribution is 2.38. The molecule has 1 fully saturated rings. The van der Waals surface area contributed by atoms with Crippen molar-refractivity contribution in [2.45, 2.75) is 37.6 Å². The Labute approximate surface area is 181 Å². The highest BCUT2D eigenvalue weighted by molar-refractivity contribution is 7.78. The van der Waals surface area contributed by atoms with Gasteiger partial charge in [-0.2, -0.15) is 0 Å². The third-order valence-corrected chi connectivity index (χ3v) is 6.24. The Balaban J connectivity index is 1.58. The number of amides is 1. The molecule has 1 aliphatic heterocycles. The molecule has 162 valence electrons. The number of pyridine rings is 1. The molecule has 9 nitrogen and oxygen atoms in total. The van der Waals surface area contributed by atoms with E-state index >= 15 is 0 Å². The van der Waals surface area contributed by atoms with E-state index in [1.165, 1.54) is 0 Å². The summed E-state index contributed by atoms with van der Waals surface area (Å²) in [5, 5.41) is 3.27. The second kappa shape index (κ2) is 7.93. The van der Waals surface area contributed by atoms with Crippen LogP contribution in [0.1, 0.15) is 24.8 Å². The number of anilines is 1. The van der Waals surface area contributed by atoms with Crippen LogP contribution in [0.2, 0.25) is 0 Å². The predicted octanol–water partition coefficient (Wildman–Crippen LogP) is 2.28. The number of hydrogen-bond donors (Lipinski definition) is 3. The van der Waals surface area contributed by atoms with Crippen LogP contribution in [-0.2, 0) is 28.2 Å². The van der Waals surface area contributed by atoms with E-state index in [4.69, 9.17) is 15.5 Å². The molecule has 2 atom stereocenters. The monoisotopic (exact) mass is 441 g/mol. The standard InChI is InChI=1S/C21H23N5O4S/c22-20(27)18(13-2-3-13)24-15-7-16-19-17(8-15)30-5-1-4-26(19)21(25-16)14-6-12(9-23-10-14)11-31(28)29/h6-10,13,18,24H,1-5,11H2,(H2,22,27)(H,28,29)/t18-/m0/s1. The summed E-state index contributed by atoms with van der Waals surface area (Å²) in [5.41, 5.74) is 9.41. The van der Waals surface area contributed by atoms with Crippen LogP contribution in [0, 0.1) is 5.92 Å². The fraction of sp³-hybridized carbons (Fsp3) is 0.381. The Kier molecular flexibility index (Phi) is 5.11. The number of primary amides is 1. The van der Waals surface area contributed by atoms with Crippen LogP contribution in [0.15, 0.2) is 30.6 Å². The summed E-state index contributed by atoms with van der Waals surface area (Å²) in [6.07, 6.45) is 6.09. The van der Waals surface area contributed by atoms with E-state index < -0.39 is 17.1 Å². The maximum atomic E-state index is 11.9. The molecule has 3 heterocycles. The maximum absolute atomic E-state index is 11.9. The quantitative estimate of drug-likeness (QED) is 0.479. The first-order valence-corrected chi connectivity index (χ1v) is 11.5. The number of nitrogens with one attached hydrogen (secondary N) is 1. The van der Waals surface area contributed by atoms with E-state index in [1.54, 1.807) is 12.4 Å². The molecule has 0 bridgehead atoms. The van der Waals surface area contributed by atoms with E-state index in [1.807, 2.05) is 18.2 Å². The second-order valence-corrected chi connectivity index (χ2v) is 8.97. The molecule has 0 saturated heterocycles. The second-order valence-electron chi connectivity index (χ2n) is 8.04. The number of imidazole rings is 1. The molecular formula is C21H23N5O4S. The van der Waals surface area contributed by atoms with Gasteiger partial charge >= 0.3 is 0 Å². The van der Waals surface area contributed by atoms with E-state index in [0.29, 0.717) is 17.9 Å². The van der Waals surface area contributed by atoms with Crippen molar-refractivity contribution in [1.82, 2.24) is 14.5 Å². The summed E-state index contributed by atoms with van der Waals surface area (Å²) in [4.78, 5) is 21.0. The van der Waals surface area contributed by atoms with E-state index in [9.17, 15) is 13.6 Å². The number of rotatable bonds is 7. The van der Waals surface area contributed by atoms with Crippen LogP contribution >= 0.6 is 0 Å². The van der Waals surface area contributed by atoms with E-state index in [-0.39, 0.29) is 17.6 Å². The van der Waals surface area contributed by atoms with Gasteiger partial charge in [-0.05, 0) is 42.9 Å². The molecule has 0 spiro atoms. The average Bonchev–Trinajstić information content (AvgIpc) is 3.52. The van der Waals surface area contributed by atoms with Crippen LogP contribution < -0.4 is 15.8 Å². The van der Waals surface area contributed by atoms with Gasteiger partial charge in [0.05, 0.1) is 17.9 Å². The topological polar surface area (TPSA) is 132 Å². The Morgan fingerprint density at radius 3 is 2.94 bits per heavy atom. The molecule has 2 aliphatic rings. The number of carbonyl (C=O) groups excluding carboxylic acids is 1. The highest BCUT2D eigenvalue weighted by atomic mass is 32.2. The molecule has 1 aliphatic carbocycles. The first kappa shape index (κ1) is 20.0. The molecule has 1 saturated carbocycles. The zero-order chi connectivity index (χ0) is 21.5. The zero-order valence-electron chi connectivity index (χ0n) is 16.8. The number of hydrogen-bond acceptors (Lipinski definition) is 6. The van der Waals surface area contributed by atoms with Gasteiger partial charge in [-0.25, -0.2) is 9.19 Å². The van der Waals surface area contributed by atoms with Gasteiger partial charge in [0, 0.05) is 36.3 Å². The molecule has 1 aromatic carbocycles. The van der Waals surface area contributed by atoms with Crippen LogP contribution in [0.4, 0.5) is 5.69 Å². The Morgan fingerprint density at radius 1 is 1.35 bits per heavy atom. The number of ether oxygens (including phenoxy) is 1. The maximum Gasteiger partial charge on any atom is 0.240 e. The lowest BCUT2D eigenvalue weighted by Crippen LogP contribution is -2.37. The van der Waals surface area contributed by atoms with Crippen molar-refractivity contribution in [2.75, 3.05) is 11.9 Å². The number of aryl methyl sites for hydroxylation is 1. The molecule has 10 heteroatoms. The highest BCUT2D eigenvalue weighted by Gasteiger charge is 2.35. The minimum atomic E-state index is -1.94. The third kappa shape index (κ3) is 4.00. The Morgan fingerprint density at radius 2 is 2.19 bits per heavy atom. The normalized spacial score (nSPS) is 17.6. The van der Waals surface area contributed by atoms with Gasteiger partial charge < -0.3 is 24.9 Å². The lowest BCUT2D eigenvalue weighted by molar-refractivity contribution is -0.119. The number of aromatic nitrogens is 3. The summed E-state index contributed by atoms with van der Waals surface area (Å²) < 4.78 is 28.5. The van der Waals surface area contributed by atoms with Gasteiger partial charge in [-0.1, -0.05) is 0 Å². The zero-order valence-corrected chi connectivity index (χ0v) is 17.6. The third-order valence-electron chi connectivity index (χ3n) is 5.66. The van der Waals surface area contributed by atoms with Gasteiger partial charge in [-0.3, -0.25) is 9.78 Å². The number of nitrogens with zero attached hydrogens (tertiary/aromatic N) is 3. The number of benzene rings is 1. The van der Waals surface area contributed by atoms with Crippen molar-refractivity contribution in [3.8, 4) is 17.1 Å². The minimum absolute atomic E-state index is 0.0131. The van der Waals surface area contributed by atoms with E-state index in [0.717, 1.165) is 53.9 Å². The summed E-state index contributed by atoms with van der Waals surface area (Å²) >= 11 is -1.94. The van der Waals surface area contributed by atoms with Gasteiger partial charge in [0.15, 0.2) is 11.1 Å². The largest absolute Gasteiger partial charge is 0.491 e. The molecule has 1 unspecified atom stereocenters. The number of nitrogens with two attached hydrogens (primary N) is 1. The van der Waals surface area contributed by atoms with Crippen LogP contribution in [0.3, 0.4) is 0 Å². The van der Waals surface area contributed by atoms with Crippen molar-refractivity contribution >= 4 is 33.7 Å². The molecule has 2 aromatic heterocycles. The average molecular weight is 442 g/mol. The van der Waals surface area contributed by atoms with Gasteiger partial charge in [0.2, 0.25) is 5.91 Å². The number of carbonyl (C=O) groups is 1. The van der Waals surface area contributed by atoms with Gasteiger partial charge in [-0.15, -0.1) is 0 Å². The smallest absolute Gasteiger partial charge is 0.240 e. The predicted molar refractivity (Wildman–Crippen MR) is 117 cm³/mol. The molecule has 31 heavy (non-hydrogen) atoms. The van der Waals surface area contributed by atoms with Gasteiger partial charge in [0.1, 0.15) is 23.1 Å². The summed E-state index contributed by atoms with van der Waals surface area (Å²) in [6.45, 7) is 1.30. The first-order valence-electron chi connectivity index (χ1n) is 10.2. The molecular weight excluding hydrogens is 418 g/mol. The lowest BCUT2D eigenvalue weighted by Gasteiger charge is -2.17. The molecule has 3 aromatic rings. The van der Waals surface area contributed by atoms with Crippen molar-refractivity contribution in [3.05, 3.63) is 36.2 Å². The lowest BCUT2D eigenvalue weighted by atomic mass is 10.1. The van der Waals surface area contributed by atoms with Crippen molar-refractivity contribution in [1.29, 1.82) is 0 Å². The SMILES string of the molecule is NC(=O)[C@@H](Nc1cc2c3c(c1)nc(-c1cncc(CS(=O)O)c1)n3CCCO2)C1CC1. The van der Waals surface area contributed by atoms with Gasteiger partial charge in [0.25, 0.3) is 0 Å². The molecule has 5 rings (SSSR count). The minimum Gasteiger partial charge on any atom is -0.491 e.